The van der Waals surface area contributed by atoms with Crippen molar-refractivity contribution >= 4 is 39.5 Å². The first-order valence-corrected chi connectivity index (χ1v) is 35.0. The van der Waals surface area contributed by atoms with E-state index < -0.39 is 97.5 Å². The number of allylic oxidation sites excluding steroid dienone is 4. The molecule has 0 bridgehead atoms. The van der Waals surface area contributed by atoms with Gasteiger partial charge in [-0.3, -0.25) is 37.3 Å². The molecule has 0 rings (SSSR count). The van der Waals surface area contributed by atoms with Gasteiger partial charge in [0, 0.05) is 25.7 Å². The van der Waals surface area contributed by atoms with E-state index in [0.717, 1.165) is 128 Å². The van der Waals surface area contributed by atoms with Gasteiger partial charge in [0.05, 0.1) is 26.4 Å². The van der Waals surface area contributed by atoms with Crippen molar-refractivity contribution in [2.45, 2.75) is 303 Å². The maximum absolute atomic E-state index is 12.9. The fraction of sp³-hybridized carbons (Fsp3) is 0.871. The van der Waals surface area contributed by atoms with Crippen LogP contribution in [0.25, 0.3) is 0 Å². The monoisotopic (exact) mass is 1190 g/mol. The highest BCUT2D eigenvalue weighted by Crippen LogP contribution is 2.45. The number of phosphoric acid groups is 2. The second-order valence-corrected chi connectivity index (χ2v) is 24.9. The minimum Gasteiger partial charge on any atom is -0.462 e. The molecule has 6 atom stereocenters. The summed E-state index contributed by atoms with van der Waals surface area (Å²) in [6.07, 6.45) is 41.3. The van der Waals surface area contributed by atoms with Gasteiger partial charge in [-0.2, -0.15) is 0 Å². The van der Waals surface area contributed by atoms with Crippen LogP contribution in [-0.4, -0.2) is 96.7 Å². The standard InChI is InChI=1S/C62H116O17P2/c1-6-10-13-16-19-21-22-23-24-25-26-28-31-38-43-48-62(67)79-58(52-73-60(65)46-41-36-33-32-34-39-44-55(5)9-4)54-77-81(70,71)75-50-56(63)49-74-80(68,69)76-53-57(51-72-59(64)45-40-35-29-18-15-12-8-3)78-61(66)47-42-37-30-27-20-17-14-11-7-2/h21-24,55-58,63H,6-20,25-54H2,1-5H3,(H,68,69)(H,70,71)/b22-21-,24-23-/t55?,56-,57+,58+/m0/s1. The molecule has 3 unspecified atom stereocenters. The fourth-order valence-electron chi connectivity index (χ4n) is 8.66. The fourth-order valence-corrected chi connectivity index (χ4v) is 10.2. The first kappa shape index (κ1) is 78.5. The first-order valence-electron chi connectivity index (χ1n) is 32.0. The van der Waals surface area contributed by atoms with Gasteiger partial charge in [-0.1, -0.05) is 232 Å². The maximum Gasteiger partial charge on any atom is 0.472 e. The molecule has 0 radical (unpaired) electrons. The van der Waals surface area contributed by atoms with Crippen molar-refractivity contribution in [1.29, 1.82) is 0 Å². The van der Waals surface area contributed by atoms with Gasteiger partial charge < -0.3 is 33.8 Å². The van der Waals surface area contributed by atoms with Crippen LogP contribution >= 0.6 is 15.6 Å². The van der Waals surface area contributed by atoms with Crippen molar-refractivity contribution in [3.63, 3.8) is 0 Å². The van der Waals surface area contributed by atoms with Crippen LogP contribution in [0, 0.1) is 5.92 Å². The minimum atomic E-state index is -4.95. The SMILES string of the molecule is CCCCCC/C=C\C=C/CCCCCCCC(=O)O[C@H](COC(=O)CCCCCCCCC(C)CC)COP(=O)(O)OC[C@@H](O)COP(=O)(O)OC[C@@H](COC(=O)CCCCCCCCC)OC(=O)CCCCCCCCCCC. The molecule has 0 aliphatic carbocycles. The van der Waals surface area contributed by atoms with Gasteiger partial charge in [0.1, 0.15) is 19.3 Å². The Labute approximate surface area is 491 Å². The topological polar surface area (TPSA) is 237 Å². The Bertz CT molecular complexity index is 1680. The highest BCUT2D eigenvalue weighted by atomic mass is 31.2. The molecule has 0 spiro atoms. The van der Waals surface area contributed by atoms with Crippen molar-refractivity contribution in [1.82, 2.24) is 0 Å². The Kier molecular flexibility index (Phi) is 53.7. The number of ether oxygens (including phenoxy) is 4. The third-order valence-corrected chi connectivity index (χ3v) is 15.9. The lowest BCUT2D eigenvalue weighted by atomic mass is 10.00. The van der Waals surface area contributed by atoms with Crippen LogP contribution in [0.5, 0.6) is 0 Å². The molecule has 476 valence electrons. The lowest BCUT2D eigenvalue weighted by Crippen LogP contribution is -2.30. The number of phosphoric ester groups is 2. The lowest BCUT2D eigenvalue weighted by molar-refractivity contribution is -0.161. The van der Waals surface area contributed by atoms with E-state index in [0.29, 0.717) is 25.7 Å². The summed E-state index contributed by atoms with van der Waals surface area (Å²) in [5, 5.41) is 10.5. The van der Waals surface area contributed by atoms with Crippen LogP contribution in [0.15, 0.2) is 24.3 Å². The van der Waals surface area contributed by atoms with Crippen molar-refractivity contribution in [3.8, 4) is 0 Å². The van der Waals surface area contributed by atoms with Crippen LogP contribution in [0.3, 0.4) is 0 Å². The predicted molar refractivity (Wildman–Crippen MR) is 321 cm³/mol. The summed E-state index contributed by atoms with van der Waals surface area (Å²) in [6, 6.07) is 0. The molecule has 3 N–H and O–H groups in total. The second-order valence-electron chi connectivity index (χ2n) is 22.0. The van der Waals surface area contributed by atoms with Crippen molar-refractivity contribution in [2.24, 2.45) is 5.92 Å². The Balaban J connectivity index is 5.25. The van der Waals surface area contributed by atoms with Gasteiger partial charge in [0.25, 0.3) is 0 Å². The highest BCUT2D eigenvalue weighted by Gasteiger charge is 2.30. The highest BCUT2D eigenvalue weighted by molar-refractivity contribution is 7.47. The number of carbonyl (C=O) groups is 4. The molecule has 0 aromatic rings. The Morgan fingerprint density at radius 3 is 1.05 bits per heavy atom. The lowest BCUT2D eigenvalue weighted by Gasteiger charge is -2.21. The summed E-state index contributed by atoms with van der Waals surface area (Å²) in [5.41, 5.74) is 0. The van der Waals surface area contributed by atoms with Crippen molar-refractivity contribution in [3.05, 3.63) is 24.3 Å². The van der Waals surface area contributed by atoms with Gasteiger partial charge in [-0.05, 0) is 57.3 Å². The molecule has 17 nitrogen and oxygen atoms in total. The van der Waals surface area contributed by atoms with E-state index in [9.17, 15) is 43.2 Å². The van der Waals surface area contributed by atoms with Gasteiger partial charge in [0.15, 0.2) is 12.2 Å². The minimum absolute atomic E-state index is 0.0840. The third kappa shape index (κ3) is 55.2. The maximum atomic E-state index is 12.9. The van der Waals surface area contributed by atoms with Gasteiger partial charge >= 0.3 is 39.5 Å². The molecule has 0 aliphatic rings. The van der Waals surface area contributed by atoms with E-state index in [4.69, 9.17) is 37.0 Å². The van der Waals surface area contributed by atoms with Crippen LogP contribution in [0.1, 0.15) is 285 Å². The Morgan fingerprint density at radius 2 is 0.691 bits per heavy atom. The number of aliphatic hydroxyl groups is 1. The normalized spacial score (nSPS) is 14.8. The number of aliphatic hydroxyl groups excluding tert-OH is 1. The number of rotatable bonds is 60. The van der Waals surface area contributed by atoms with E-state index in [2.05, 4.69) is 58.9 Å². The Morgan fingerprint density at radius 1 is 0.395 bits per heavy atom. The zero-order chi connectivity index (χ0) is 59.9. The third-order valence-electron chi connectivity index (χ3n) is 14.0. The van der Waals surface area contributed by atoms with E-state index in [1.807, 2.05) is 0 Å². The largest absolute Gasteiger partial charge is 0.472 e. The summed E-state index contributed by atoms with van der Waals surface area (Å²) in [4.78, 5) is 71.9. The molecule has 19 heteroatoms. The van der Waals surface area contributed by atoms with Crippen LogP contribution < -0.4 is 0 Å². The number of hydrogen-bond acceptors (Lipinski definition) is 15. The van der Waals surface area contributed by atoms with Crippen LogP contribution in [-0.2, 0) is 65.4 Å². The van der Waals surface area contributed by atoms with E-state index >= 15 is 0 Å². The molecule has 0 saturated heterocycles. The van der Waals surface area contributed by atoms with Crippen LogP contribution in [0.2, 0.25) is 0 Å². The van der Waals surface area contributed by atoms with Crippen molar-refractivity contribution < 1.29 is 80.2 Å². The number of unbranched alkanes of at least 4 members (excludes halogenated alkanes) is 28. The first-order chi connectivity index (χ1) is 39.1. The second kappa shape index (κ2) is 55.4. The summed E-state index contributed by atoms with van der Waals surface area (Å²) in [6.45, 7) is 7.01. The van der Waals surface area contributed by atoms with Gasteiger partial charge in [-0.15, -0.1) is 0 Å². The molecule has 0 fully saturated rings. The molecule has 0 saturated carbocycles. The molecule has 0 heterocycles. The molecule has 0 aromatic heterocycles. The Hall–Kier alpha value is -2.46. The summed E-state index contributed by atoms with van der Waals surface area (Å²) >= 11 is 0. The summed E-state index contributed by atoms with van der Waals surface area (Å²) in [7, 11) is -9.89. The molecular weight excluding hydrogens is 1080 g/mol. The smallest absolute Gasteiger partial charge is 0.462 e. The average molecular weight is 1200 g/mol. The van der Waals surface area contributed by atoms with E-state index in [1.54, 1.807) is 0 Å². The molecule has 0 aliphatic heterocycles. The van der Waals surface area contributed by atoms with E-state index in [-0.39, 0.29) is 25.7 Å². The number of hydrogen-bond donors (Lipinski definition) is 3. The quantitative estimate of drug-likeness (QED) is 0.0169. The average Bonchev–Trinajstić information content (AvgIpc) is 3.44. The molecule has 0 aromatic carbocycles. The van der Waals surface area contributed by atoms with Crippen LogP contribution in [0.4, 0.5) is 0 Å². The molecular formula is C62H116O17P2. The summed E-state index contributed by atoms with van der Waals surface area (Å²) < 4.78 is 67.7. The van der Waals surface area contributed by atoms with Gasteiger partial charge in [0.2, 0.25) is 0 Å². The van der Waals surface area contributed by atoms with Gasteiger partial charge in [-0.25, -0.2) is 9.13 Å². The number of carbonyl (C=O) groups excluding carboxylic acids is 4. The van der Waals surface area contributed by atoms with E-state index in [1.165, 1.54) is 77.0 Å². The zero-order valence-electron chi connectivity index (χ0n) is 51.4. The molecule has 0 amide bonds. The zero-order valence-corrected chi connectivity index (χ0v) is 53.2. The molecule has 81 heavy (non-hydrogen) atoms. The number of esters is 4. The summed E-state index contributed by atoms with van der Waals surface area (Å²) in [5.74, 6) is -1.45. The predicted octanol–water partition coefficient (Wildman–Crippen LogP) is 16.6. The van der Waals surface area contributed by atoms with Crippen molar-refractivity contribution in [2.75, 3.05) is 39.6 Å².